The fraction of sp³-hybridized carbons (Fsp3) is 0.800. The minimum absolute atomic E-state index is 0.0282. The quantitative estimate of drug-likeness (QED) is 0.728. The molecule has 0 radical (unpaired) electrons. The van der Waals surface area contributed by atoms with Crippen LogP contribution in [0.5, 0.6) is 0 Å². The summed E-state index contributed by atoms with van der Waals surface area (Å²) in [6.07, 6.45) is -0.577. The molecule has 0 aromatic carbocycles. The molecule has 0 amide bonds. The summed E-state index contributed by atoms with van der Waals surface area (Å²) in [4.78, 5) is 11.3. The zero-order valence-electron chi connectivity index (χ0n) is 10.1. The number of rotatable bonds is 7. The molecule has 0 unspecified atom stereocenters. The highest BCUT2D eigenvalue weighted by molar-refractivity contribution is 5.77. The molecule has 106 valence electrons. The van der Waals surface area contributed by atoms with Crippen LogP contribution in [0.25, 0.3) is 0 Å². The van der Waals surface area contributed by atoms with Gasteiger partial charge in [-0.05, 0) is 29.7 Å². The molecule has 0 atom stereocenters. The van der Waals surface area contributed by atoms with Crippen LogP contribution in [0.1, 0.15) is 25.1 Å². The summed E-state index contributed by atoms with van der Waals surface area (Å²) >= 11 is 0. The van der Waals surface area contributed by atoms with Crippen LogP contribution in [0.4, 0.5) is 8.78 Å². The molecule has 1 N–H and O–H groups in total. The van der Waals surface area contributed by atoms with Crippen LogP contribution in [-0.4, -0.2) is 50.9 Å². The van der Waals surface area contributed by atoms with Crippen molar-refractivity contribution in [3.8, 4) is 0 Å². The van der Waals surface area contributed by atoms with Gasteiger partial charge in [-0.3, -0.25) is 0 Å². The average Bonchev–Trinajstić information content (AvgIpc) is 2.71. The van der Waals surface area contributed by atoms with Gasteiger partial charge in [0.1, 0.15) is 6.61 Å². The average molecular weight is 276 g/mol. The lowest BCUT2D eigenvalue weighted by molar-refractivity contribution is -0.153. The predicted octanol–water partition coefficient (Wildman–Crippen LogP) is 0.461. The lowest BCUT2D eigenvalue weighted by atomic mass is 9.77. The van der Waals surface area contributed by atoms with Crippen molar-refractivity contribution in [2.75, 3.05) is 13.2 Å². The third-order valence-electron chi connectivity index (χ3n) is 3.23. The summed E-state index contributed by atoms with van der Waals surface area (Å²) in [5.74, 6) is -0.628. The highest BCUT2D eigenvalue weighted by Crippen LogP contribution is 2.39. The van der Waals surface area contributed by atoms with E-state index in [1.54, 1.807) is 0 Å². The predicted molar refractivity (Wildman–Crippen MR) is 57.8 cm³/mol. The molecular formula is C10H14F2N4O3. The first-order chi connectivity index (χ1) is 9.06. The lowest BCUT2D eigenvalue weighted by Crippen LogP contribution is -2.49. The summed E-state index contributed by atoms with van der Waals surface area (Å²) in [7, 11) is 0. The molecule has 0 saturated heterocycles. The maximum atomic E-state index is 11.9. The Morgan fingerprint density at radius 1 is 1.53 bits per heavy atom. The molecule has 19 heavy (non-hydrogen) atoms. The van der Waals surface area contributed by atoms with Crippen molar-refractivity contribution >= 4 is 5.97 Å². The molecule has 2 rings (SSSR count). The standard InChI is InChI=1S/C10H14F2N4O3/c11-7(12)6-19-5-2-8-13-14-15-16(8)10(9(17)18)3-1-4-10/h7H,1-6H2,(H,17,18). The molecule has 7 nitrogen and oxygen atoms in total. The van der Waals surface area contributed by atoms with Crippen LogP contribution in [0, 0.1) is 0 Å². The minimum Gasteiger partial charge on any atom is -0.479 e. The van der Waals surface area contributed by atoms with E-state index in [0.29, 0.717) is 18.7 Å². The molecule has 9 heteroatoms. The third kappa shape index (κ3) is 2.70. The largest absolute Gasteiger partial charge is 0.479 e. The second-order valence-electron chi connectivity index (χ2n) is 4.41. The van der Waals surface area contributed by atoms with Gasteiger partial charge in [-0.1, -0.05) is 0 Å². The molecule has 1 aromatic heterocycles. The monoisotopic (exact) mass is 276 g/mol. The van der Waals surface area contributed by atoms with Crippen molar-refractivity contribution in [1.29, 1.82) is 0 Å². The number of carboxylic acid groups (broad SMARTS) is 1. The van der Waals surface area contributed by atoms with Gasteiger partial charge in [-0.2, -0.15) is 0 Å². The Hall–Kier alpha value is -1.64. The zero-order chi connectivity index (χ0) is 13.9. The Bertz CT molecular complexity index is 448. The van der Waals surface area contributed by atoms with Gasteiger partial charge >= 0.3 is 5.97 Å². The normalized spacial score (nSPS) is 17.4. The second-order valence-corrected chi connectivity index (χ2v) is 4.41. The van der Waals surface area contributed by atoms with Gasteiger partial charge in [0.05, 0.1) is 6.61 Å². The van der Waals surface area contributed by atoms with Crippen LogP contribution in [0.3, 0.4) is 0 Å². The summed E-state index contributed by atoms with van der Waals surface area (Å²) in [6, 6.07) is 0. The lowest BCUT2D eigenvalue weighted by Gasteiger charge is -2.37. The summed E-state index contributed by atoms with van der Waals surface area (Å²) in [5, 5.41) is 20.2. The van der Waals surface area contributed by atoms with Crippen molar-refractivity contribution in [1.82, 2.24) is 20.2 Å². The van der Waals surface area contributed by atoms with Gasteiger partial charge in [0, 0.05) is 6.42 Å². The van der Waals surface area contributed by atoms with Crippen molar-refractivity contribution in [2.24, 2.45) is 0 Å². The fourth-order valence-electron chi connectivity index (χ4n) is 2.06. The molecular weight excluding hydrogens is 262 g/mol. The van der Waals surface area contributed by atoms with Crippen LogP contribution in [0.15, 0.2) is 0 Å². The smallest absolute Gasteiger partial charge is 0.331 e. The maximum absolute atomic E-state index is 11.9. The Labute approximate surface area is 107 Å². The number of alkyl halides is 2. The second kappa shape index (κ2) is 5.55. The van der Waals surface area contributed by atoms with E-state index in [1.807, 2.05) is 0 Å². The van der Waals surface area contributed by atoms with Crippen LogP contribution < -0.4 is 0 Å². The van der Waals surface area contributed by atoms with E-state index in [9.17, 15) is 18.7 Å². The Morgan fingerprint density at radius 3 is 2.79 bits per heavy atom. The summed E-state index contributed by atoms with van der Waals surface area (Å²) in [5.41, 5.74) is -1.08. The van der Waals surface area contributed by atoms with Crippen molar-refractivity contribution in [3.63, 3.8) is 0 Å². The van der Waals surface area contributed by atoms with Gasteiger partial charge in [-0.15, -0.1) is 5.10 Å². The van der Waals surface area contributed by atoms with Gasteiger partial charge in [0.25, 0.3) is 6.43 Å². The van der Waals surface area contributed by atoms with E-state index >= 15 is 0 Å². The minimum atomic E-state index is -2.52. The molecule has 1 aliphatic carbocycles. The molecule has 1 aliphatic rings. The molecule has 1 fully saturated rings. The number of ether oxygens (including phenoxy) is 1. The number of carbonyl (C=O) groups is 1. The molecule has 1 heterocycles. The molecule has 0 spiro atoms. The Morgan fingerprint density at radius 2 is 2.26 bits per heavy atom. The van der Waals surface area contributed by atoms with E-state index in [0.717, 1.165) is 6.42 Å². The first-order valence-corrected chi connectivity index (χ1v) is 5.93. The van der Waals surface area contributed by atoms with Gasteiger partial charge in [-0.25, -0.2) is 18.3 Å². The number of hydrogen-bond acceptors (Lipinski definition) is 5. The summed E-state index contributed by atoms with van der Waals surface area (Å²) < 4.78 is 29.8. The number of carboxylic acids is 1. The Kier molecular flexibility index (Phi) is 4.03. The number of nitrogens with zero attached hydrogens (tertiary/aromatic N) is 4. The van der Waals surface area contributed by atoms with Crippen LogP contribution in [-0.2, 0) is 21.5 Å². The first-order valence-electron chi connectivity index (χ1n) is 5.93. The van der Waals surface area contributed by atoms with E-state index < -0.39 is 24.5 Å². The first kappa shape index (κ1) is 13.8. The van der Waals surface area contributed by atoms with Crippen molar-refractivity contribution < 1.29 is 23.4 Å². The van der Waals surface area contributed by atoms with E-state index in [-0.39, 0.29) is 13.0 Å². The fourth-order valence-corrected chi connectivity index (χ4v) is 2.06. The van der Waals surface area contributed by atoms with Crippen LogP contribution in [0.2, 0.25) is 0 Å². The van der Waals surface area contributed by atoms with Gasteiger partial charge in [0.15, 0.2) is 11.4 Å². The van der Waals surface area contributed by atoms with E-state index in [1.165, 1.54) is 4.68 Å². The van der Waals surface area contributed by atoms with E-state index in [4.69, 9.17) is 4.74 Å². The number of hydrogen-bond donors (Lipinski definition) is 1. The zero-order valence-corrected chi connectivity index (χ0v) is 10.1. The van der Waals surface area contributed by atoms with Gasteiger partial charge in [0.2, 0.25) is 0 Å². The van der Waals surface area contributed by atoms with Crippen LogP contribution >= 0.6 is 0 Å². The third-order valence-corrected chi connectivity index (χ3v) is 3.23. The highest BCUT2D eigenvalue weighted by atomic mass is 19.3. The van der Waals surface area contributed by atoms with Gasteiger partial charge < -0.3 is 9.84 Å². The molecule has 1 aromatic rings. The number of halogens is 2. The number of tetrazole rings is 1. The maximum Gasteiger partial charge on any atom is 0.331 e. The highest BCUT2D eigenvalue weighted by Gasteiger charge is 2.48. The number of aliphatic carboxylic acids is 1. The Balaban J connectivity index is 2.00. The van der Waals surface area contributed by atoms with E-state index in [2.05, 4.69) is 15.5 Å². The summed E-state index contributed by atoms with van der Waals surface area (Å²) in [6.45, 7) is -0.619. The SMILES string of the molecule is O=C(O)C1(n2nnnc2CCOCC(F)F)CCC1. The topological polar surface area (TPSA) is 90.1 Å². The molecule has 1 saturated carbocycles. The van der Waals surface area contributed by atoms with Crippen molar-refractivity contribution in [2.45, 2.75) is 37.6 Å². The van der Waals surface area contributed by atoms with Crippen molar-refractivity contribution in [3.05, 3.63) is 5.82 Å². The molecule has 0 aliphatic heterocycles. The number of aromatic nitrogens is 4. The molecule has 0 bridgehead atoms.